The molecule has 1 aliphatic heterocycles. The van der Waals surface area contributed by atoms with E-state index in [-0.39, 0.29) is 0 Å². The van der Waals surface area contributed by atoms with Crippen LogP contribution in [0.3, 0.4) is 0 Å². The number of likely N-dealkylation sites (tertiary alicyclic amines) is 1. The van der Waals surface area contributed by atoms with E-state index >= 15 is 0 Å². The number of methoxy groups -OCH3 is 1. The molecule has 1 aliphatic rings. The van der Waals surface area contributed by atoms with Gasteiger partial charge in [0.05, 0.1) is 7.11 Å². The van der Waals surface area contributed by atoms with Crippen molar-refractivity contribution >= 4 is 70.3 Å². The zero-order valence-electron chi connectivity index (χ0n) is 11.8. The van der Waals surface area contributed by atoms with Gasteiger partial charge < -0.3 is 14.2 Å². The molecular weight excluding hydrogens is 400 g/mol. The summed E-state index contributed by atoms with van der Waals surface area (Å²) >= 11 is 22.1. The number of amides is 2. The molecule has 2 amide bonds. The third-order valence-electron chi connectivity index (χ3n) is 2.79. The summed E-state index contributed by atoms with van der Waals surface area (Å²) in [7, 11) is 0.984. The van der Waals surface area contributed by atoms with Crippen molar-refractivity contribution in [2.75, 3.05) is 13.7 Å². The van der Waals surface area contributed by atoms with Gasteiger partial charge in [0.1, 0.15) is 24.1 Å². The molecule has 1 saturated heterocycles. The predicted molar refractivity (Wildman–Crippen MR) is 79.2 cm³/mol. The first-order chi connectivity index (χ1) is 10.5. The van der Waals surface area contributed by atoms with Crippen LogP contribution in [0.2, 0.25) is 0 Å². The maximum atomic E-state index is 11.9. The Labute approximate surface area is 150 Å². The number of hydrogen-bond donors (Lipinski definition) is 0. The van der Waals surface area contributed by atoms with E-state index < -0.39 is 51.9 Å². The van der Waals surface area contributed by atoms with Crippen LogP contribution < -0.4 is 0 Å². The fourth-order valence-corrected chi connectivity index (χ4v) is 2.36. The molecule has 0 aromatic carbocycles. The fraction of sp³-hybridized carbons (Fsp3) is 0.636. The van der Waals surface area contributed by atoms with Gasteiger partial charge >= 0.3 is 18.0 Å². The van der Waals surface area contributed by atoms with Crippen LogP contribution in [0.25, 0.3) is 0 Å². The predicted octanol–water partition coefficient (Wildman–Crippen LogP) is 1.62. The van der Waals surface area contributed by atoms with Crippen LogP contribution in [0.4, 0.5) is 4.79 Å². The summed E-state index contributed by atoms with van der Waals surface area (Å²) in [5.74, 6) is -4.27. The molecule has 0 spiro atoms. The highest BCUT2D eigenvalue weighted by atomic mass is 35.6. The van der Waals surface area contributed by atoms with E-state index in [2.05, 4.69) is 9.47 Å². The van der Waals surface area contributed by atoms with Gasteiger partial charge in [-0.2, -0.15) is 0 Å². The largest absolute Gasteiger partial charge is 0.508 e. The first-order valence-electron chi connectivity index (χ1n) is 5.99. The van der Waals surface area contributed by atoms with E-state index in [9.17, 15) is 19.2 Å². The van der Waals surface area contributed by atoms with Crippen LogP contribution >= 0.6 is 46.4 Å². The molecular formula is C11H11Cl4NO7. The molecule has 0 bridgehead atoms. The summed E-state index contributed by atoms with van der Waals surface area (Å²) in [6.07, 6.45) is -2.21. The molecule has 3 atom stereocenters. The Morgan fingerprint density at radius 1 is 1.30 bits per heavy atom. The average molecular weight is 411 g/mol. The van der Waals surface area contributed by atoms with Crippen molar-refractivity contribution in [1.82, 2.24) is 4.90 Å². The van der Waals surface area contributed by atoms with Crippen LogP contribution in [0, 0.1) is 5.92 Å². The van der Waals surface area contributed by atoms with Crippen molar-refractivity contribution < 1.29 is 33.4 Å². The standard InChI is InChI=1S/C11H11Cl4NO7/c1-4(23-10(20)22-3-11(13,14)15)5-6(12)16(7(5)17)8(18)9(19)21-2/h4-6H,3H2,1-2H3/t4?,5-,6+/m1/s1. The van der Waals surface area contributed by atoms with Crippen molar-refractivity contribution in [2.24, 2.45) is 5.92 Å². The number of rotatable bonds is 3. The van der Waals surface area contributed by atoms with Gasteiger partial charge in [-0.1, -0.05) is 46.4 Å². The SMILES string of the molecule is COC(=O)C(=O)N1C(=O)[C@H](C(C)OC(=O)OCC(Cl)(Cl)Cl)[C@H]1Cl. The van der Waals surface area contributed by atoms with Crippen LogP contribution in [0.1, 0.15) is 6.92 Å². The first kappa shape index (κ1) is 20.1. The lowest BCUT2D eigenvalue weighted by Crippen LogP contribution is -2.65. The Balaban J connectivity index is 2.58. The Morgan fingerprint density at radius 2 is 1.87 bits per heavy atom. The second kappa shape index (κ2) is 7.74. The quantitative estimate of drug-likeness (QED) is 0.229. The Kier molecular flexibility index (Phi) is 6.76. The minimum Gasteiger partial charge on any atom is -0.462 e. The zero-order valence-corrected chi connectivity index (χ0v) is 14.8. The summed E-state index contributed by atoms with van der Waals surface area (Å²) in [6, 6.07) is 0. The smallest absolute Gasteiger partial charge is 0.462 e. The van der Waals surface area contributed by atoms with E-state index in [0.29, 0.717) is 4.90 Å². The van der Waals surface area contributed by atoms with Crippen molar-refractivity contribution in [3.05, 3.63) is 0 Å². The van der Waals surface area contributed by atoms with Gasteiger partial charge in [-0.3, -0.25) is 14.5 Å². The number of esters is 1. The molecule has 0 N–H and O–H groups in total. The molecule has 1 fully saturated rings. The van der Waals surface area contributed by atoms with Crippen LogP contribution in [-0.2, 0) is 28.6 Å². The lowest BCUT2D eigenvalue weighted by Gasteiger charge is -2.43. The second-order valence-electron chi connectivity index (χ2n) is 4.38. The van der Waals surface area contributed by atoms with Gasteiger partial charge in [0, 0.05) is 0 Å². The molecule has 0 saturated carbocycles. The van der Waals surface area contributed by atoms with Gasteiger partial charge in [-0.05, 0) is 6.92 Å². The highest BCUT2D eigenvalue weighted by Gasteiger charge is 2.55. The summed E-state index contributed by atoms with van der Waals surface area (Å²) < 4.78 is 11.7. The molecule has 0 aliphatic carbocycles. The number of carbonyl (C=O) groups excluding carboxylic acids is 4. The van der Waals surface area contributed by atoms with Crippen LogP contribution in [0.15, 0.2) is 0 Å². The molecule has 0 radical (unpaired) electrons. The van der Waals surface area contributed by atoms with E-state index in [1.807, 2.05) is 0 Å². The monoisotopic (exact) mass is 409 g/mol. The highest BCUT2D eigenvalue weighted by Crippen LogP contribution is 2.34. The second-order valence-corrected chi connectivity index (χ2v) is 7.34. The van der Waals surface area contributed by atoms with Crippen molar-refractivity contribution in [3.63, 3.8) is 0 Å². The normalized spacial score (nSPS) is 22.0. The minimum atomic E-state index is -1.81. The van der Waals surface area contributed by atoms with Gasteiger partial charge in [0.15, 0.2) is 0 Å². The van der Waals surface area contributed by atoms with Crippen molar-refractivity contribution in [2.45, 2.75) is 22.3 Å². The fourth-order valence-electron chi connectivity index (χ4n) is 1.70. The molecule has 1 rings (SSSR count). The minimum absolute atomic E-state index is 0.505. The van der Waals surface area contributed by atoms with Crippen molar-refractivity contribution in [1.29, 1.82) is 0 Å². The maximum Gasteiger partial charge on any atom is 0.508 e. The van der Waals surface area contributed by atoms with Gasteiger partial charge in [-0.25, -0.2) is 9.59 Å². The molecule has 23 heavy (non-hydrogen) atoms. The zero-order chi connectivity index (χ0) is 17.9. The lowest BCUT2D eigenvalue weighted by atomic mass is 9.92. The van der Waals surface area contributed by atoms with E-state index in [1.165, 1.54) is 6.92 Å². The molecule has 8 nitrogen and oxygen atoms in total. The summed E-state index contributed by atoms with van der Waals surface area (Å²) in [6.45, 7) is 0.799. The van der Waals surface area contributed by atoms with Crippen LogP contribution in [0.5, 0.6) is 0 Å². The number of imide groups is 1. The number of carbonyl (C=O) groups is 4. The van der Waals surface area contributed by atoms with E-state index in [4.69, 9.17) is 51.1 Å². The summed E-state index contributed by atoms with van der Waals surface area (Å²) in [4.78, 5) is 46.4. The Morgan fingerprint density at radius 3 is 2.30 bits per heavy atom. The number of nitrogens with zero attached hydrogens (tertiary/aromatic N) is 1. The molecule has 130 valence electrons. The number of hydrogen-bond acceptors (Lipinski definition) is 7. The molecule has 0 aromatic heterocycles. The molecule has 1 unspecified atom stereocenters. The maximum absolute atomic E-state index is 11.9. The molecule has 0 aromatic rings. The average Bonchev–Trinajstić information content (AvgIpc) is 2.43. The summed E-state index contributed by atoms with van der Waals surface area (Å²) in [5.41, 5.74) is -1.18. The van der Waals surface area contributed by atoms with Gasteiger partial charge in [0.25, 0.3) is 0 Å². The Hall–Kier alpha value is -0.960. The third kappa shape index (κ3) is 5.00. The third-order valence-corrected chi connectivity index (χ3v) is 3.58. The molecule has 1 heterocycles. The van der Waals surface area contributed by atoms with Gasteiger partial charge in [0.2, 0.25) is 9.70 Å². The van der Waals surface area contributed by atoms with E-state index in [1.54, 1.807) is 0 Å². The number of β-lactam (4-membered cyclic amide) rings is 1. The lowest BCUT2D eigenvalue weighted by molar-refractivity contribution is -0.175. The number of alkyl halides is 4. The van der Waals surface area contributed by atoms with Crippen LogP contribution in [-0.4, -0.2) is 58.0 Å². The first-order valence-corrected chi connectivity index (χ1v) is 7.56. The molecule has 12 heteroatoms. The highest BCUT2D eigenvalue weighted by molar-refractivity contribution is 6.67. The van der Waals surface area contributed by atoms with Gasteiger partial charge in [-0.15, -0.1) is 0 Å². The van der Waals surface area contributed by atoms with Crippen molar-refractivity contribution in [3.8, 4) is 0 Å². The number of halogens is 4. The summed E-state index contributed by atoms with van der Waals surface area (Å²) in [5, 5.41) is 0. The Bertz CT molecular complexity index is 521. The topological polar surface area (TPSA) is 99.2 Å². The van der Waals surface area contributed by atoms with E-state index in [0.717, 1.165) is 7.11 Å². The number of ether oxygens (including phenoxy) is 3.